The van der Waals surface area contributed by atoms with Crippen molar-refractivity contribution < 1.29 is 8.42 Å². The number of rotatable bonds is 5. The molecule has 0 unspecified atom stereocenters. The SMILES string of the molecule is Cc1c(CCl)cccc1S(=O)(=O)N(C)CC1CCC1. The maximum atomic E-state index is 12.6. The molecule has 0 spiro atoms. The highest BCUT2D eigenvalue weighted by Gasteiger charge is 2.28. The second-order valence-electron chi connectivity index (χ2n) is 5.26. The molecule has 2 rings (SSSR count). The lowest BCUT2D eigenvalue weighted by Gasteiger charge is -2.30. The van der Waals surface area contributed by atoms with E-state index in [1.165, 1.54) is 10.7 Å². The molecule has 3 nitrogen and oxygen atoms in total. The van der Waals surface area contributed by atoms with E-state index in [1.54, 1.807) is 19.2 Å². The summed E-state index contributed by atoms with van der Waals surface area (Å²) in [5, 5.41) is 0. The lowest BCUT2D eigenvalue weighted by molar-refractivity contribution is 0.263. The average molecular weight is 302 g/mol. The Bertz CT molecular complexity index is 553. The molecule has 1 fully saturated rings. The van der Waals surface area contributed by atoms with Crippen LogP contribution in [0.3, 0.4) is 0 Å². The zero-order valence-electron chi connectivity index (χ0n) is 11.4. The zero-order valence-corrected chi connectivity index (χ0v) is 13.0. The van der Waals surface area contributed by atoms with Crippen LogP contribution >= 0.6 is 11.6 Å². The molecule has 1 aromatic rings. The zero-order chi connectivity index (χ0) is 14.0. The topological polar surface area (TPSA) is 37.4 Å². The van der Waals surface area contributed by atoms with Crippen molar-refractivity contribution in [3.05, 3.63) is 29.3 Å². The summed E-state index contributed by atoms with van der Waals surface area (Å²) in [4.78, 5) is 0.382. The third-order valence-corrected chi connectivity index (χ3v) is 6.22. The van der Waals surface area contributed by atoms with E-state index in [9.17, 15) is 8.42 Å². The molecule has 0 aliphatic heterocycles. The van der Waals surface area contributed by atoms with Crippen molar-refractivity contribution >= 4 is 21.6 Å². The summed E-state index contributed by atoms with van der Waals surface area (Å²) in [6.45, 7) is 2.44. The molecule has 0 saturated heterocycles. The normalized spacial score (nSPS) is 16.6. The van der Waals surface area contributed by atoms with Crippen molar-refractivity contribution in [2.24, 2.45) is 5.92 Å². The van der Waals surface area contributed by atoms with Crippen LogP contribution in [0.25, 0.3) is 0 Å². The highest BCUT2D eigenvalue weighted by molar-refractivity contribution is 7.89. The molecule has 1 saturated carbocycles. The van der Waals surface area contributed by atoms with Gasteiger partial charge in [-0.05, 0) is 42.9 Å². The third kappa shape index (κ3) is 2.96. The molecule has 0 radical (unpaired) electrons. The quantitative estimate of drug-likeness (QED) is 0.784. The summed E-state index contributed by atoms with van der Waals surface area (Å²) in [5.41, 5.74) is 1.64. The van der Waals surface area contributed by atoms with Gasteiger partial charge in [-0.15, -0.1) is 11.6 Å². The van der Waals surface area contributed by atoms with Crippen LogP contribution < -0.4 is 0 Å². The second-order valence-corrected chi connectivity index (χ2v) is 7.54. The molecule has 0 bridgehead atoms. The monoisotopic (exact) mass is 301 g/mol. The van der Waals surface area contributed by atoms with Gasteiger partial charge < -0.3 is 0 Å². The van der Waals surface area contributed by atoms with Gasteiger partial charge in [0, 0.05) is 19.5 Å². The van der Waals surface area contributed by atoms with E-state index in [4.69, 9.17) is 11.6 Å². The van der Waals surface area contributed by atoms with Gasteiger partial charge in [0.25, 0.3) is 0 Å². The molecule has 0 heterocycles. The number of hydrogen-bond donors (Lipinski definition) is 0. The number of sulfonamides is 1. The fraction of sp³-hybridized carbons (Fsp3) is 0.571. The molecule has 106 valence electrons. The van der Waals surface area contributed by atoms with E-state index in [0.717, 1.165) is 24.0 Å². The summed E-state index contributed by atoms with van der Waals surface area (Å²) in [6, 6.07) is 5.29. The molecule has 19 heavy (non-hydrogen) atoms. The van der Waals surface area contributed by atoms with Crippen LogP contribution in [0.4, 0.5) is 0 Å². The number of nitrogens with zero attached hydrogens (tertiary/aromatic N) is 1. The minimum Gasteiger partial charge on any atom is -0.207 e. The van der Waals surface area contributed by atoms with Gasteiger partial charge in [-0.25, -0.2) is 12.7 Å². The van der Waals surface area contributed by atoms with Crippen LogP contribution in [0.15, 0.2) is 23.1 Å². The Kier molecular flexibility index (Phi) is 4.54. The van der Waals surface area contributed by atoms with Crippen molar-refractivity contribution in [2.45, 2.75) is 37.0 Å². The van der Waals surface area contributed by atoms with Crippen molar-refractivity contribution in [1.29, 1.82) is 0 Å². The van der Waals surface area contributed by atoms with Crippen molar-refractivity contribution in [3.8, 4) is 0 Å². The van der Waals surface area contributed by atoms with Crippen LogP contribution in [0.5, 0.6) is 0 Å². The molecule has 1 aromatic carbocycles. The highest BCUT2D eigenvalue weighted by Crippen LogP contribution is 2.29. The molecule has 5 heteroatoms. The van der Waals surface area contributed by atoms with Crippen LogP contribution in [-0.4, -0.2) is 26.3 Å². The summed E-state index contributed by atoms with van der Waals surface area (Å²) in [6.07, 6.45) is 3.50. The van der Waals surface area contributed by atoms with Gasteiger partial charge in [-0.1, -0.05) is 18.6 Å². The fourth-order valence-corrected chi connectivity index (χ4v) is 4.19. The Morgan fingerprint density at radius 2 is 2.05 bits per heavy atom. The average Bonchev–Trinajstić information content (AvgIpc) is 2.33. The standard InChI is InChI=1S/C14H20ClNO2S/c1-11-13(9-15)7-4-8-14(11)19(17,18)16(2)10-12-5-3-6-12/h4,7-8,12H,3,5-6,9-10H2,1-2H3. The number of benzene rings is 1. The van der Waals surface area contributed by atoms with Gasteiger partial charge in [-0.3, -0.25) is 0 Å². The largest absolute Gasteiger partial charge is 0.243 e. The van der Waals surface area contributed by atoms with E-state index in [0.29, 0.717) is 23.2 Å². The minimum atomic E-state index is -3.40. The maximum Gasteiger partial charge on any atom is 0.243 e. The number of halogens is 1. The summed E-state index contributed by atoms with van der Waals surface area (Å²) < 4.78 is 26.6. The Labute approximate surface area is 120 Å². The molecule has 0 aromatic heterocycles. The van der Waals surface area contributed by atoms with Crippen molar-refractivity contribution in [3.63, 3.8) is 0 Å². The second kappa shape index (κ2) is 5.81. The third-order valence-electron chi connectivity index (χ3n) is 3.97. The smallest absolute Gasteiger partial charge is 0.207 e. The minimum absolute atomic E-state index is 0.335. The van der Waals surface area contributed by atoms with Gasteiger partial charge in [0.15, 0.2) is 0 Å². The Morgan fingerprint density at radius 3 is 2.58 bits per heavy atom. The Hall–Kier alpha value is -0.580. The molecular formula is C14H20ClNO2S. The van der Waals surface area contributed by atoms with E-state index >= 15 is 0 Å². The summed E-state index contributed by atoms with van der Waals surface area (Å²) in [7, 11) is -1.73. The predicted molar refractivity (Wildman–Crippen MR) is 77.9 cm³/mol. The van der Waals surface area contributed by atoms with Crippen molar-refractivity contribution in [2.75, 3.05) is 13.6 Å². The molecule has 0 amide bonds. The van der Waals surface area contributed by atoms with Gasteiger partial charge in [-0.2, -0.15) is 0 Å². The van der Waals surface area contributed by atoms with Gasteiger partial charge >= 0.3 is 0 Å². The summed E-state index contributed by atoms with van der Waals surface area (Å²) >= 11 is 5.84. The fourth-order valence-electron chi connectivity index (χ4n) is 2.39. The molecular weight excluding hydrogens is 282 g/mol. The first-order valence-electron chi connectivity index (χ1n) is 6.57. The van der Waals surface area contributed by atoms with Crippen molar-refractivity contribution in [1.82, 2.24) is 4.31 Å². The van der Waals surface area contributed by atoms with E-state index in [-0.39, 0.29) is 0 Å². The van der Waals surface area contributed by atoms with Gasteiger partial charge in [0.1, 0.15) is 0 Å². The molecule has 1 aliphatic carbocycles. The van der Waals surface area contributed by atoms with E-state index in [2.05, 4.69) is 0 Å². The lowest BCUT2D eigenvalue weighted by atomic mass is 9.86. The number of hydrogen-bond acceptors (Lipinski definition) is 2. The first-order valence-corrected chi connectivity index (χ1v) is 8.55. The lowest BCUT2D eigenvalue weighted by Crippen LogP contribution is -2.34. The van der Waals surface area contributed by atoms with Gasteiger partial charge in [0.05, 0.1) is 4.90 Å². The molecule has 0 atom stereocenters. The Balaban J connectivity index is 2.27. The first-order chi connectivity index (χ1) is 8.96. The van der Waals surface area contributed by atoms with Crippen LogP contribution in [-0.2, 0) is 15.9 Å². The number of alkyl halides is 1. The summed E-state index contributed by atoms with van der Waals surface area (Å²) in [5.74, 6) is 0.859. The molecule has 0 N–H and O–H groups in total. The van der Waals surface area contributed by atoms with Crippen LogP contribution in [0, 0.1) is 12.8 Å². The van der Waals surface area contributed by atoms with E-state index < -0.39 is 10.0 Å². The molecule has 1 aliphatic rings. The van der Waals surface area contributed by atoms with E-state index in [1.807, 2.05) is 13.0 Å². The maximum absolute atomic E-state index is 12.6. The Morgan fingerprint density at radius 1 is 1.37 bits per heavy atom. The van der Waals surface area contributed by atoms with Crippen LogP contribution in [0.1, 0.15) is 30.4 Å². The predicted octanol–water partition coefficient (Wildman–Crippen LogP) is 3.15. The highest BCUT2D eigenvalue weighted by atomic mass is 35.5. The van der Waals surface area contributed by atoms with Gasteiger partial charge in [0.2, 0.25) is 10.0 Å². The first kappa shape index (κ1) is 14.8. The van der Waals surface area contributed by atoms with Crippen LogP contribution in [0.2, 0.25) is 0 Å².